The zero-order valence-corrected chi connectivity index (χ0v) is 25.0. The van der Waals surface area contributed by atoms with E-state index >= 15 is 0 Å². The van der Waals surface area contributed by atoms with Crippen molar-refractivity contribution >= 4 is 40.8 Å². The number of amides is 1. The highest BCUT2D eigenvalue weighted by Crippen LogP contribution is 2.36. The van der Waals surface area contributed by atoms with Crippen molar-refractivity contribution in [2.45, 2.75) is 62.9 Å². The number of nitrogens with zero attached hydrogens (tertiary/aromatic N) is 2. The summed E-state index contributed by atoms with van der Waals surface area (Å²) in [6, 6.07) is 25.1. The largest absolute Gasteiger partial charge is 0.370 e. The highest BCUT2D eigenvalue weighted by Gasteiger charge is 2.25. The quantitative estimate of drug-likeness (QED) is 0.209. The molecule has 5 rings (SSSR count). The normalized spacial score (nSPS) is 22.3. The van der Waals surface area contributed by atoms with Crippen molar-refractivity contribution in [3.8, 4) is 0 Å². The van der Waals surface area contributed by atoms with Gasteiger partial charge < -0.3 is 21.3 Å². The molecular formula is C33H39Cl2N5O. The number of guanidine groups is 1. The maximum atomic E-state index is 12.0. The molecule has 1 amide bonds. The molecule has 3 aromatic carbocycles. The Kier molecular flexibility index (Phi) is 9.86. The molecule has 0 bridgehead atoms. The van der Waals surface area contributed by atoms with E-state index in [9.17, 15) is 4.79 Å². The van der Waals surface area contributed by atoms with Crippen LogP contribution < -0.4 is 16.4 Å². The maximum Gasteiger partial charge on any atom is 0.218 e. The average molecular weight is 593 g/mol. The van der Waals surface area contributed by atoms with Crippen molar-refractivity contribution in [1.29, 1.82) is 0 Å². The SMILES string of the molecule is C[C@H]1CN(C(=NC2CCC(c3ccccc3)CC2)Nc2ccc(C(CC(N)=O)c3ccc(Cl)cc3Cl)cc2)CCN1. The second-order valence-corrected chi connectivity index (χ2v) is 12.1. The van der Waals surface area contributed by atoms with Crippen molar-refractivity contribution in [2.75, 3.05) is 25.0 Å². The van der Waals surface area contributed by atoms with Crippen LogP contribution in [-0.2, 0) is 4.79 Å². The molecule has 4 N–H and O–H groups in total. The number of benzene rings is 3. The summed E-state index contributed by atoms with van der Waals surface area (Å²) in [5.41, 5.74) is 9.82. The van der Waals surface area contributed by atoms with E-state index in [4.69, 9.17) is 33.9 Å². The molecule has 0 spiro atoms. The third-order valence-corrected chi connectivity index (χ3v) is 8.82. The van der Waals surface area contributed by atoms with E-state index in [-0.39, 0.29) is 18.2 Å². The first-order valence-electron chi connectivity index (χ1n) is 14.6. The van der Waals surface area contributed by atoms with Crippen LogP contribution in [0, 0.1) is 0 Å². The summed E-state index contributed by atoms with van der Waals surface area (Å²) in [5.74, 6) is 0.915. The van der Waals surface area contributed by atoms with Gasteiger partial charge in [0.25, 0.3) is 0 Å². The van der Waals surface area contributed by atoms with Gasteiger partial charge in [0.05, 0.1) is 6.04 Å². The number of hydrogen-bond donors (Lipinski definition) is 3. The van der Waals surface area contributed by atoms with Gasteiger partial charge in [-0.3, -0.25) is 4.79 Å². The van der Waals surface area contributed by atoms with Gasteiger partial charge in [-0.05, 0) is 79.5 Å². The van der Waals surface area contributed by atoms with Gasteiger partial charge in [0, 0.05) is 53.7 Å². The van der Waals surface area contributed by atoms with Crippen molar-refractivity contribution in [3.63, 3.8) is 0 Å². The van der Waals surface area contributed by atoms with E-state index in [1.54, 1.807) is 12.1 Å². The van der Waals surface area contributed by atoms with Gasteiger partial charge in [-0.2, -0.15) is 0 Å². The van der Waals surface area contributed by atoms with E-state index in [2.05, 4.69) is 52.8 Å². The van der Waals surface area contributed by atoms with Crippen molar-refractivity contribution in [3.05, 3.63) is 99.5 Å². The third-order valence-electron chi connectivity index (χ3n) is 8.25. The summed E-state index contributed by atoms with van der Waals surface area (Å²) in [5, 5.41) is 8.25. The number of nitrogens with two attached hydrogens (primary N) is 1. The predicted octanol–water partition coefficient (Wildman–Crippen LogP) is 6.79. The second-order valence-electron chi connectivity index (χ2n) is 11.3. The Labute approximate surface area is 253 Å². The van der Waals surface area contributed by atoms with Gasteiger partial charge in [-0.25, -0.2) is 4.99 Å². The first kappa shape index (κ1) is 29.4. The lowest BCUT2D eigenvalue weighted by atomic mass is 9.82. The zero-order chi connectivity index (χ0) is 28.8. The number of halogens is 2. The van der Waals surface area contributed by atoms with Crippen LogP contribution in [0.2, 0.25) is 10.0 Å². The topological polar surface area (TPSA) is 82.8 Å². The van der Waals surface area contributed by atoms with Gasteiger partial charge in [0.15, 0.2) is 5.96 Å². The number of piperazine rings is 1. The molecule has 1 heterocycles. The molecule has 1 unspecified atom stereocenters. The van der Waals surface area contributed by atoms with Crippen LogP contribution in [0.3, 0.4) is 0 Å². The fourth-order valence-corrected chi connectivity index (χ4v) is 6.61. The summed E-state index contributed by atoms with van der Waals surface area (Å²) in [6.45, 7) is 4.95. The van der Waals surface area contributed by atoms with E-state index < -0.39 is 0 Å². The first-order chi connectivity index (χ1) is 19.9. The number of hydrogen-bond acceptors (Lipinski definition) is 3. The van der Waals surface area contributed by atoms with Gasteiger partial charge in [0.2, 0.25) is 5.91 Å². The first-order valence-corrected chi connectivity index (χ1v) is 15.3. The molecule has 3 aromatic rings. The second kappa shape index (κ2) is 13.7. The Morgan fingerprint density at radius 2 is 1.78 bits per heavy atom. The van der Waals surface area contributed by atoms with Crippen LogP contribution in [0.4, 0.5) is 5.69 Å². The Bertz CT molecular complexity index is 1340. The van der Waals surface area contributed by atoms with E-state index in [1.807, 2.05) is 30.3 Å². The smallest absolute Gasteiger partial charge is 0.218 e. The molecule has 6 nitrogen and oxygen atoms in total. The average Bonchev–Trinajstić information content (AvgIpc) is 2.97. The number of carbonyl (C=O) groups excluding carboxylic acids is 1. The van der Waals surface area contributed by atoms with Crippen LogP contribution in [0.25, 0.3) is 0 Å². The van der Waals surface area contributed by atoms with E-state index in [0.29, 0.717) is 28.0 Å². The molecule has 0 aromatic heterocycles. The van der Waals surface area contributed by atoms with E-state index in [1.165, 1.54) is 5.56 Å². The molecule has 2 aliphatic rings. The monoisotopic (exact) mass is 591 g/mol. The minimum Gasteiger partial charge on any atom is -0.370 e. The van der Waals surface area contributed by atoms with E-state index in [0.717, 1.165) is 68.1 Å². The Balaban J connectivity index is 1.34. The maximum absolute atomic E-state index is 12.0. The molecule has 1 saturated heterocycles. The number of primary amides is 1. The predicted molar refractivity (Wildman–Crippen MR) is 170 cm³/mol. The molecule has 8 heteroatoms. The van der Waals surface area contributed by atoms with Gasteiger partial charge >= 0.3 is 0 Å². The fraction of sp³-hybridized carbons (Fsp3) is 0.394. The van der Waals surface area contributed by atoms with Crippen LogP contribution in [0.15, 0.2) is 77.8 Å². The summed E-state index contributed by atoms with van der Waals surface area (Å²) in [7, 11) is 0. The number of aliphatic imine (C=N–C) groups is 1. The zero-order valence-electron chi connectivity index (χ0n) is 23.5. The van der Waals surface area contributed by atoms with Crippen molar-refractivity contribution in [2.24, 2.45) is 10.7 Å². The lowest BCUT2D eigenvalue weighted by Gasteiger charge is -2.36. The number of anilines is 1. The minimum atomic E-state index is -0.382. The molecule has 1 aliphatic carbocycles. The van der Waals surface area contributed by atoms with Crippen LogP contribution in [-0.4, -0.2) is 48.5 Å². The van der Waals surface area contributed by atoms with Gasteiger partial charge in [0.1, 0.15) is 0 Å². The molecular weight excluding hydrogens is 553 g/mol. The minimum absolute atomic E-state index is 0.158. The highest BCUT2D eigenvalue weighted by molar-refractivity contribution is 6.35. The standard InChI is InChI=1S/C33H39Cl2N5O/c1-22-21-40(18-17-37-22)33(38-27-12-7-24(8-13-27)23-5-3-2-4-6-23)39-28-14-9-25(10-15-28)30(20-32(36)41)29-16-11-26(34)19-31(29)35/h2-6,9-11,14-16,19,22,24,27,30,37H,7-8,12-13,17-18,20-21H2,1H3,(H2,36,41)(H,38,39)/t22-,24?,27?,30?/m0/s1. The van der Waals surface area contributed by atoms with Gasteiger partial charge in [-0.15, -0.1) is 0 Å². The van der Waals surface area contributed by atoms with Crippen molar-refractivity contribution < 1.29 is 4.79 Å². The molecule has 1 saturated carbocycles. The Morgan fingerprint density at radius 3 is 2.44 bits per heavy atom. The summed E-state index contributed by atoms with van der Waals surface area (Å²) >= 11 is 12.6. The van der Waals surface area contributed by atoms with Crippen LogP contribution in [0.5, 0.6) is 0 Å². The number of nitrogens with one attached hydrogen (secondary N) is 2. The molecule has 1 aliphatic heterocycles. The summed E-state index contributed by atoms with van der Waals surface area (Å²) in [6.07, 6.45) is 4.65. The number of rotatable bonds is 7. The Hall–Kier alpha value is -3.06. The highest BCUT2D eigenvalue weighted by atomic mass is 35.5. The van der Waals surface area contributed by atoms with Crippen LogP contribution in [0.1, 0.15) is 67.6 Å². The lowest BCUT2D eigenvalue weighted by Crippen LogP contribution is -2.53. The van der Waals surface area contributed by atoms with Crippen LogP contribution >= 0.6 is 23.2 Å². The molecule has 0 radical (unpaired) electrons. The lowest BCUT2D eigenvalue weighted by molar-refractivity contribution is -0.118. The van der Waals surface area contributed by atoms with Crippen molar-refractivity contribution in [1.82, 2.24) is 10.2 Å². The number of carbonyl (C=O) groups is 1. The molecule has 2 fully saturated rings. The molecule has 2 atom stereocenters. The van der Waals surface area contributed by atoms with Gasteiger partial charge in [-0.1, -0.05) is 71.7 Å². The fourth-order valence-electron chi connectivity index (χ4n) is 6.07. The third kappa shape index (κ3) is 7.82. The Morgan fingerprint density at radius 1 is 1.05 bits per heavy atom. The molecule has 41 heavy (non-hydrogen) atoms. The molecule has 216 valence electrons. The summed E-state index contributed by atoms with van der Waals surface area (Å²) < 4.78 is 0. The summed E-state index contributed by atoms with van der Waals surface area (Å²) in [4.78, 5) is 19.6.